The molecule has 2 unspecified atom stereocenters. The normalized spacial score (nSPS) is 32.3. The Bertz CT molecular complexity index is 263. The molecule has 2 rings (SSSR count). The molecule has 3 nitrogen and oxygen atoms in total. The van der Waals surface area contributed by atoms with E-state index in [1.165, 1.54) is 19.3 Å². The molecule has 2 saturated carbocycles. The van der Waals surface area contributed by atoms with Crippen molar-refractivity contribution in [3.63, 3.8) is 0 Å². The van der Waals surface area contributed by atoms with Crippen LogP contribution in [0, 0.1) is 17.8 Å². The zero-order valence-corrected chi connectivity index (χ0v) is 10.3. The summed E-state index contributed by atoms with van der Waals surface area (Å²) in [4.78, 5) is 11.9. The highest BCUT2D eigenvalue weighted by atomic mass is 16.3. The maximum absolute atomic E-state index is 11.9. The van der Waals surface area contributed by atoms with Crippen LogP contribution < -0.4 is 5.32 Å². The van der Waals surface area contributed by atoms with Crippen molar-refractivity contribution in [3.05, 3.63) is 0 Å². The van der Waals surface area contributed by atoms with Gasteiger partial charge in [-0.05, 0) is 37.5 Å². The molecular formula is C13H23NO2. The van der Waals surface area contributed by atoms with Gasteiger partial charge in [0.1, 0.15) is 0 Å². The molecule has 2 aliphatic rings. The predicted octanol–water partition coefficient (Wildman–Crippen LogP) is 1.70. The molecule has 0 aromatic carbocycles. The number of hydrogen-bond acceptors (Lipinski definition) is 2. The first-order chi connectivity index (χ1) is 7.61. The summed E-state index contributed by atoms with van der Waals surface area (Å²) in [6.45, 7) is 4.33. The molecule has 2 atom stereocenters. The maximum atomic E-state index is 11.9. The Morgan fingerprint density at radius 1 is 1.31 bits per heavy atom. The van der Waals surface area contributed by atoms with Crippen molar-refractivity contribution in [3.8, 4) is 0 Å². The minimum Gasteiger partial charge on any atom is -0.388 e. The lowest BCUT2D eigenvalue weighted by molar-refractivity contribution is -0.124. The molecule has 1 amide bonds. The summed E-state index contributed by atoms with van der Waals surface area (Å²) >= 11 is 0. The van der Waals surface area contributed by atoms with Crippen LogP contribution in [-0.4, -0.2) is 23.2 Å². The second-order valence-corrected chi connectivity index (χ2v) is 5.43. The average molecular weight is 225 g/mol. The molecule has 0 spiro atoms. The van der Waals surface area contributed by atoms with Crippen LogP contribution >= 0.6 is 0 Å². The van der Waals surface area contributed by atoms with Crippen LogP contribution in [0.25, 0.3) is 0 Å². The third-order valence-electron chi connectivity index (χ3n) is 4.62. The standard InChI is InChI=1S/C13H23NO2/c1-3-13(16,4-2)8-14-12(15)11-9-6-5-7-10(9)11/h9-11,16H,3-8H2,1-2H3,(H,14,15). The molecule has 0 aromatic heterocycles. The topological polar surface area (TPSA) is 49.3 Å². The van der Waals surface area contributed by atoms with E-state index in [1.807, 2.05) is 13.8 Å². The van der Waals surface area contributed by atoms with Crippen molar-refractivity contribution in [1.82, 2.24) is 5.32 Å². The third-order valence-corrected chi connectivity index (χ3v) is 4.62. The molecule has 16 heavy (non-hydrogen) atoms. The van der Waals surface area contributed by atoms with E-state index in [9.17, 15) is 9.90 Å². The van der Waals surface area contributed by atoms with Crippen molar-refractivity contribution < 1.29 is 9.90 Å². The van der Waals surface area contributed by atoms with Gasteiger partial charge in [-0.15, -0.1) is 0 Å². The first-order valence-corrected chi connectivity index (χ1v) is 6.61. The molecule has 0 aromatic rings. The number of fused-ring (bicyclic) bond motifs is 1. The van der Waals surface area contributed by atoms with Crippen molar-refractivity contribution in [1.29, 1.82) is 0 Å². The van der Waals surface area contributed by atoms with Crippen molar-refractivity contribution in [2.24, 2.45) is 17.8 Å². The number of nitrogens with one attached hydrogen (secondary N) is 1. The fraction of sp³-hybridized carbons (Fsp3) is 0.923. The Hall–Kier alpha value is -0.570. The quantitative estimate of drug-likeness (QED) is 0.748. The van der Waals surface area contributed by atoms with E-state index in [0.29, 0.717) is 31.2 Å². The minimum absolute atomic E-state index is 0.176. The summed E-state index contributed by atoms with van der Waals surface area (Å²) in [7, 11) is 0. The number of aliphatic hydroxyl groups is 1. The van der Waals surface area contributed by atoms with Gasteiger partial charge in [0.05, 0.1) is 5.60 Å². The highest BCUT2D eigenvalue weighted by molar-refractivity contribution is 5.82. The average Bonchev–Trinajstić information content (AvgIpc) is 2.79. The SMILES string of the molecule is CCC(O)(CC)CNC(=O)C1C2CCCC21. The lowest BCUT2D eigenvalue weighted by atomic mass is 9.97. The van der Waals surface area contributed by atoms with Gasteiger partial charge in [-0.25, -0.2) is 0 Å². The Morgan fingerprint density at radius 2 is 1.88 bits per heavy atom. The maximum Gasteiger partial charge on any atom is 0.223 e. The number of carbonyl (C=O) groups is 1. The Kier molecular flexibility index (Phi) is 3.24. The Balaban J connectivity index is 1.76. The van der Waals surface area contributed by atoms with Crippen LogP contribution in [0.1, 0.15) is 46.0 Å². The lowest BCUT2D eigenvalue weighted by Gasteiger charge is -2.25. The smallest absolute Gasteiger partial charge is 0.223 e. The van der Waals surface area contributed by atoms with E-state index in [2.05, 4.69) is 5.32 Å². The van der Waals surface area contributed by atoms with Crippen LogP contribution in [0.5, 0.6) is 0 Å². The molecule has 2 aliphatic carbocycles. The Morgan fingerprint density at radius 3 is 2.38 bits per heavy atom. The fourth-order valence-corrected chi connectivity index (χ4v) is 3.08. The summed E-state index contributed by atoms with van der Waals surface area (Å²) < 4.78 is 0. The molecule has 2 fully saturated rings. The van der Waals surface area contributed by atoms with E-state index in [4.69, 9.17) is 0 Å². The van der Waals surface area contributed by atoms with E-state index >= 15 is 0 Å². The summed E-state index contributed by atoms with van der Waals surface area (Å²) in [6.07, 6.45) is 5.15. The highest BCUT2D eigenvalue weighted by Gasteiger charge is 2.56. The van der Waals surface area contributed by atoms with E-state index in [1.54, 1.807) is 0 Å². The van der Waals surface area contributed by atoms with Gasteiger partial charge in [-0.1, -0.05) is 20.3 Å². The van der Waals surface area contributed by atoms with E-state index in [-0.39, 0.29) is 11.8 Å². The van der Waals surface area contributed by atoms with Crippen molar-refractivity contribution in [2.45, 2.75) is 51.6 Å². The van der Waals surface area contributed by atoms with Gasteiger partial charge in [0, 0.05) is 12.5 Å². The van der Waals surface area contributed by atoms with Crippen LogP contribution in [-0.2, 0) is 4.79 Å². The van der Waals surface area contributed by atoms with E-state index < -0.39 is 5.60 Å². The summed E-state index contributed by atoms with van der Waals surface area (Å²) in [5, 5.41) is 13.0. The van der Waals surface area contributed by atoms with Gasteiger partial charge in [0.15, 0.2) is 0 Å². The largest absolute Gasteiger partial charge is 0.388 e. The van der Waals surface area contributed by atoms with Gasteiger partial charge in [-0.3, -0.25) is 4.79 Å². The predicted molar refractivity (Wildman–Crippen MR) is 62.9 cm³/mol. The monoisotopic (exact) mass is 225 g/mol. The molecule has 0 radical (unpaired) electrons. The van der Waals surface area contributed by atoms with Gasteiger partial charge in [0.25, 0.3) is 0 Å². The molecule has 92 valence electrons. The van der Waals surface area contributed by atoms with Gasteiger partial charge in [0.2, 0.25) is 5.91 Å². The summed E-state index contributed by atoms with van der Waals surface area (Å²) in [5.74, 6) is 1.77. The van der Waals surface area contributed by atoms with Crippen LogP contribution in [0.3, 0.4) is 0 Å². The van der Waals surface area contributed by atoms with Gasteiger partial charge in [-0.2, -0.15) is 0 Å². The number of amides is 1. The molecule has 0 bridgehead atoms. The van der Waals surface area contributed by atoms with Crippen LogP contribution in [0.2, 0.25) is 0 Å². The first kappa shape index (κ1) is 11.9. The van der Waals surface area contributed by atoms with Gasteiger partial charge < -0.3 is 10.4 Å². The summed E-state index contributed by atoms with van der Waals surface area (Å²) in [5.41, 5.74) is -0.709. The first-order valence-electron chi connectivity index (χ1n) is 6.61. The minimum atomic E-state index is -0.709. The second-order valence-electron chi connectivity index (χ2n) is 5.43. The third kappa shape index (κ3) is 2.10. The van der Waals surface area contributed by atoms with E-state index in [0.717, 1.165) is 0 Å². The molecular weight excluding hydrogens is 202 g/mol. The van der Waals surface area contributed by atoms with Crippen LogP contribution in [0.4, 0.5) is 0 Å². The fourth-order valence-electron chi connectivity index (χ4n) is 3.08. The van der Waals surface area contributed by atoms with Crippen molar-refractivity contribution >= 4 is 5.91 Å². The second kappa shape index (κ2) is 4.36. The summed E-state index contributed by atoms with van der Waals surface area (Å²) in [6, 6.07) is 0. The zero-order valence-electron chi connectivity index (χ0n) is 10.3. The van der Waals surface area contributed by atoms with Crippen LogP contribution in [0.15, 0.2) is 0 Å². The number of carbonyl (C=O) groups excluding carboxylic acids is 1. The molecule has 0 heterocycles. The van der Waals surface area contributed by atoms with Gasteiger partial charge >= 0.3 is 0 Å². The zero-order chi connectivity index (χ0) is 11.8. The van der Waals surface area contributed by atoms with Crippen molar-refractivity contribution in [2.75, 3.05) is 6.54 Å². The number of hydrogen-bond donors (Lipinski definition) is 2. The molecule has 0 saturated heterocycles. The lowest BCUT2D eigenvalue weighted by Crippen LogP contribution is -2.42. The molecule has 0 aliphatic heterocycles. The molecule has 3 heteroatoms. The number of rotatable bonds is 5. The highest BCUT2D eigenvalue weighted by Crippen LogP contribution is 2.57. The molecule has 2 N–H and O–H groups in total. The Labute approximate surface area is 97.6 Å².